The lowest BCUT2D eigenvalue weighted by Crippen LogP contribution is -2.43. The fraction of sp³-hybridized carbons (Fsp3) is 0.444. The molecule has 2 aliphatic carbocycles. The number of hydrogen-bond acceptors (Lipinski definition) is 5. The molecule has 2 heterocycles. The molecule has 2 N–H and O–H groups in total. The molecule has 1 atom stereocenters. The van der Waals surface area contributed by atoms with Crippen molar-refractivity contribution in [2.45, 2.75) is 31.7 Å². The van der Waals surface area contributed by atoms with Gasteiger partial charge in [0.05, 0.1) is 5.54 Å². The summed E-state index contributed by atoms with van der Waals surface area (Å²) in [6.07, 6.45) is 14.4. The zero-order valence-electron chi connectivity index (χ0n) is 19.6. The summed E-state index contributed by atoms with van der Waals surface area (Å²) in [6.45, 7) is 7.22. The lowest BCUT2D eigenvalue weighted by Gasteiger charge is -2.34. The molecular weight excluding hydrogens is 412 g/mol. The van der Waals surface area contributed by atoms with E-state index < -0.39 is 5.54 Å². The standard InChI is InChI=1S/C27H34N4O2/c1-27(23-7-4-8-24(12-11-23)31-15-13-30(2)14-16-31)18-25(33-29-27)21-5-3-6-22(17-21)26(32)28-19-20-9-10-20/h3-6,8,11-12,17-18,20,29H,7,9-10,13-16,19H2,1-2H3,(H,28,32). The minimum absolute atomic E-state index is 0.0174. The number of nitrogens with zero attached hydrogens (tertiary/aromatic N) is 2. The van der Waals surface area contributed by atoms with Gasteiger partial charge in [-0.25, -0.2) is 0 Å². The second kappa shape index (κ2) is 9.20. The van der Waals surface area contributed by atoms with E-state index in [4.69, 9.17) is 4.84 Å². The van der Waals surface area contributed by atoms with Crippen LogP contribution in [-0.4, -0.2) is 61.0 Å². The maximum Gasteiger partial charge on any atom is 0.251 e. The van der Waals surface area contributed by atoms with Gasteiger partial charge in [-0.3, -0.25) is 4.79 Å². The van der Waals surface area contributed by atoms with Gasteiger partial charge in [0.25, 0.3) is 5.91 Å². The minimum Gasteiger partial charge on any atom is -0.407 e. The Balaban J connectivity index is 1.31. The summed E-state index contributed by atoms with van der Waals surface area (Å²) >= 11 is 0. The SMILES string of the molecule is CN1CCN(C2=CC=C(C3(C)C=C(c4cccc(C(=O)NCC5CC5)c4)ON3)CC=C2)CC1. The van der Waals surface area contributed by atoms with Crippen molar-refractivity contribution in [3.05, 3.63) is 77.0 Å². The predicted molar refractivity (Wildman–Crippen MR) is 131 cm³/mol. The highest BCUT2D eigenvalue weighted by Gasteiger charge is 2.34. The van der Waals surface area contributed by atoms with Crippen LogP contribution in [0.3, 0.4) is 0 Å². The largest absolute Gasteiger partial charge is 0.407 e. The molecule has 1 saturated heterocycles. The number of benzene rings is 1. The van der Waals surface area contributed by atoms with Gasteiger partial charge >= 0.3 is 0 Å². The van der Waals surface area contributed by atoms with Crippen molar-refractivity contribution in [3.63, 3.8) is 0 Å². The lowest BCUT2D eigenvalue weighted by molar-refractivity contribution is 0.0951. The molecule has 6 nitrogen and oxygen atoms in total. The highest BCUT2D eigenvalue weighted by Crippen LogP contribution is 2.34. The maximum atomic E-state index is 12.5. The molecule has 0 spiro atoms. The third kappa shape index (κ3) is 5.07. The van der Waals surface area contributed by atoms with Crippen LogP contribution in [0.25, 0.3) is 5.76 Å². The Labute approximate surface area is 196 Å². The van der Waals surface area contributed by atoms with Crippen LogP contribution in [0.4, 0.5) is 0 Å². The Morgan fingerprint density at radius 1 is 1.21 bits per heavy atom. The summed E-state index contributed by atoms with van der Waals surface area (Å²) in [5, 5.41) is 3.04. The average molecular weight is 447 g/mol. The third-order valence-electron chi connectivity index (χ3n) is 7.07. The zero-order valence-corrected chi connectivity index (χ0v) is 19.6. The first-order chi connectivity index (χ1) is 16.0. The summed E-state index contributed by atoms with van der Waals surface area (Å²) in [5.74, 6) is 1.40. The predicted octanol–water partition coefficient (Wildman–Crippen LogP) is 3.48. The van der Waals surface area contributed by atoms with Gasteiger partial charge in [0.2, 0.25) is 0 Å². The summed E-state index contributed by atoms with van der Waals surface area (Å²) in [4.78, 5) is 23.3. The van der Waals surface area contributed by atoms with Crippen LogP contribution < -0.4 is 10.8 Å². The lowest BCUT2D eigenvalue weighted by atomic mass is 9.89. The molecule has 1 unspecified atom stereocenters. The Bertz CT molecular complexity index is 1030. The van der Waals surface area contributed by atoms with Crippen molar-refractivity contribution in [2.24, 2.45) is 5.92 Å². The Morgan fingerprint density at radius 2 is 2.03 bits per heavy atom. The van der Waals surface area contributed by atoms with E-state index >= 15 is 0 Å². The number of rotatable bonds is 6. The number of carbonyl (C=O) groups is 1. The van der Waals surface area contributed by atoms with Crippen LogP contribution in [0, 0.1) is 5.92 Å². The van der Waals surface area contributed by atoms with E-state index in [0.717, 1.165) is 50.5 Å². The molecular formula is C27H34N4O2. The van der Waals surface area contributed by atoms with E-state index in [1.807, 2.05) is 24.3 Å². The molecule has 6 heteroatoms. The van der Waals surface area contributed by atoms with Gasteiger partial charge in [0, 0.05) is 49.5 Å². The Kier molecular flexibility index (Phi) is 6.13. The van der Waals surface area contributed by atoms with E-state index in [-0.39, 0.29) is 5.91 Å². The quantitative estimate of drug-likeness (QED) is 0.701. The maximum absolute atomic E-state index is 12.5. The van der Waals surface area contributed by atoms with Crippen LogP contribution >= 0.6 is 0 Å². The van der Waals surface area contributed by atoms with E-state index in [9.17, 15) is 4.79 Å². The summed E-state index contributed by atoms with van der Waals surface area (Å²) in [6, 6.07) is 7.68. The highest BCUT2D eigenvalue weighted by atomic mass is 16.7. The Hall–Kier alpha value is -2.83. The molecule has 2 aliphatic heterocycles. The molecule has 0 radical (unpaired) electrons. The number of hydroxylamine groups is 1. The number of hydrogen-bond donors (Lipinski definition) is 2. The first-order valence-corrected chi connectivity index (χ1v) is 12.1. The summed E-state index contributed by atoms with van der Waals surface area (Å²) in [5.41, 5.74) is 6.92. The normalized spacial score (nSPS) is 25.6. The van der Waals surface area contributed by atoms with E-state index in [1.165, 1.54) is 24.1 Å². The zero-order chi connectivity index (χ0) is 22.8. The number of nitrogens with one attached hydrogen (secondary N) is 2. The number of carbonyl (C=O) groups excluding carboxylic acids is 1. The van der Waals surface area contributed by atoms with E-state index in [0.29, 0.717) is 11.5 Å². The van der Waals surface area contributed by atoms with Crippen molar-refractivity contribution in [2.75, 3.05) is 39.8 Å². The molecule has 1 amide bonds. The number of amides is 1. The van der Waals surface area contributed by atoms with Gasteiger partial charge in [-0.05, 0) is 75.1 Å². The molecule has 1 aromatic carbocycles. The average Bonchev–Trinajstić information content (AvgIpc) is 3.62. The van der Waals surface area contributed by atoms with E-state index in [2.05, 4.69) is 64.9 Å². The van der Waals surface area contributed by atoms with Crippen LogP contribution in [0.15, 0.2) is 65.9 Å². The van der Waals surface area contributed by atoms with Crippen LogP contribution in [0.2, 0.25) is 0 Å². The molecule has 5 rings (SSSR count). The molecule has 1 saturated carbocycles. The summed E-state index contributed by atoms with van der Waals surface area (Å²) in [7, 11) is 2.18. The number of likely N-dealkylation sites (N-methyl/N-ethyl adjacent to an activating group) is 1. The number of allylic oxidation sites excluding steroid dienone is 4. The minimum atomic E-state index is -0.405. The van der Waals surface area contributed by atoms with Crippen molar-refractivity contribution >= 4 is 11.7 Å². The molecule has 2 fully saturated rings. The Morgan fingerprint density at radius 3 is 2.82 bits per heavy atom. The van der Waals surface area contributed by atoms with Crippen LogP contribution in [0.5, 0.6) is 0 Å². The van der Waals surface area contributed by atoms with Crippen molar-refractivity contribution < 1.29 is 9.63 Å². The number of piperazine rings is 1. The monoisotopic (exact) mass is 446 g/mol. The van der Waals surface area contributed by atoms with Gasteiger partial charge in [-0.2, -0.15) is 0 Å². The van der Waals surface area contributed by atoms with Crippen LogP contribution in [-0.2, 0) is 4.84 Å². The van der Waals surface area contributed by atoms with Gasteiger partial charge in [-0.15, -0.1) is 5.48 Å². The second-order valence-corrected chi connectivity index (χ2v) is 9.83. The van der Waals surface area contributed by atoms with Crippen molar-refractivity contribution in [1.29, 1.82) is 0 Å². The fourth-order valence-corrected chi connectivity index (χ4v) is 4.53. The van der Waals surface area contributed by atoms with Crippen molar-refractivity contribution in [1.82, 2.24) is 20.6 Å². The first-order valence-electron chi connectivity index (χ1n) is 12.1. The van der Waals surface area contributed by atoms with Gasteiger partial charge in [0.1, 0.15) is 0 Å². The molecule has 4 aliphatic rings. The topological polar surface area (TPSA) is 56.8 Å². The van der Waals surface area contributed by atoms with Gasteiger partial charge < -0.3 is 20.0 Å². The van der Waals surface area contributed by atoms with Crippen LogP contribution in [0.1, 0.15) is 42.1 Å². The molecule has 33 heavy (non-hydrogen) atoms. The molecule has 0 aromatic heterocycles. The molecule has 1 aromatic rings. The second-order valence-electron chi connectivity index (χ2n) is 9.83. The smallest absolute Gasteiger partial charge is 0.251 e. The van der Waals surface area contributed by atoms with Gasteiger partial charge in [-0.1, -0.05) is 24.3 Å². The van der Waals surface area contributed by atoms with E-state index in [1.54, 1.807) is 0 Å². The third-order valence-corrected chi connectivity index (χ3v) is 7.07. The highest BCUT2D eigenvalue weighted by molar-refractivity contribution is 5.95. The van der Waals surface area contributed by atoms with Crippen molar-refractivity contribution in [3.8, 4) is 0 Å². The fourth-order valence-electron chi connectivity index (χ4n) is 4.53. The van der Waals surface area contributed by atoms with Gasteiger partial charge in [0.15, 0.2) is 5.76 Å². The molecule has 0 bridgehead atoms. The molecule has 174 valence electrons. The summed E-state index contributed by atoms with van der Waals surface area (Å²) < 4.78 is 0. The first kappa shape index (κ1) is 22.0.